The van der Waals surface area contributed by atoms with Gasteiger partial charge in [0.15, 0.2) is 0 Å². The first-order chi connectivity index (χ1) is 13.3. The molecule has 1 aromatic heterocycles. The van der Waals surface area contributed by atoms with Gasteiger partial charge in [0.25, 0.3) is 10.0 Å². The maximum atomic E-state index is 12.8. The van der Waals surface area contributed by atoms with Crippen LogP contribution in [0.4, 0.5) is 5.69 Å². The number of ether oxygens (including phenoxy) is 1. The number of halogens is 1. The number of pyridine rings is 1. The maximum absolute atomic E-state index is 12.8. The molecule has 0 atom stereocenters. The standard InChI is InChI=1S/C19H15ClN2O5S/c1-27-17-7-6-15(20)9-18(17)28(25,26)22-16-8-14(10-21-11-16)12-2-4-13(5-3-12)19(23)24/h2-11,22H,1H3,(H,23,24). The smallest absolute Gasteiger partial charge is 0.335 e. The number of nitrogens with one attached hydrogen (secondary N) is 1. The number of sulfonamides is 1. The van der Waals surface area contributed by atoms with Crippen molar-refractivity contribution in [2.24, 2.45) is 0 Å². The fraction of sp³-hybridized carbons (Fsp3) is 0.0526. The van der Waals surface area contributed by atoms with Gasteiger partial charge < -0.3 is 9.84 Å². The van der Waals surface area contributed by atoms with Crippen molar-refractivity contribution in [2.45, 2.75) is 4.90 Å². The normalized spacial score (nSPS) is 11.1. The highest BCUT2D eigenvalue weighted by Gasteiger charge is 2.20. The van der Waals surface area contributed by atoms with E-state index >= 15 is 0 Å². The molecule has 28 heavy (non-hydrogen) atoms. The molecule has 3 rings (SSSR count). The molecule has 3 aromatic rings. The largest absolute Gasteiger partial charge is 0.495 e. The molecule has 144 valence electrons. The highest BCUT2D eigenvalue weighted by molar-refractivity contribution is 7.92. The second-order valence-electron chi connectivity index (χ2n) is 5.75. The number of aromatic nitrogens is 1. The van der Waals surface area contributed by atoms with Gasteiger partial charge in [0.1, 0.15) is 10.6 Å². The van der Waals surface area contributed by atoms with Crippen molar-refractivity contribution in [1.29, 1.82) is 0 Å². The van der Waals surface area contributed by atoms with Gasteiger partial charge in [-0.15, -0.1) is 0 Å². The number of carboxylic acid groups (broad SMARTS) is 1. The van der Waals surface area contributed by atoms with Gasteiger partial charge in [0.2, 0.25) is 0 Å². The van der Waals surface area contributed by atoms with Crippen LogP contribution in [-0.4, -0.2) is 31.6 Å². The number of anilines is 1. The molecule has 0 aliphatic rings. The zero-order valence-corrected chi connectivity index (χ0v) is 16.2. The molecule has 0 aliphatic carbocycles. The molecule has 7 nitrogen and oxygen atoms in total. The number of benzene rings is 2. The molecule has 0 spiro atoms. The Bertz CT molecular complexity index is 1130. The highest BCUT2D eigenvalue weighted by Crippen LogP contribution is 2.29. The predicted octanol–water partition coefficient (Wildman–Crippen LogP) is 3.91. The lowest BCUT2D eigenvalue weighted by atomic mass is 10.1. The summed E-state index contributed by atoms with van der Waals surface area (Å²) in [4.78, 5) is 14.9. The van der Waals surface area contributed by atoms with Crippen LogP contribution in [0.5, 0.6) is 5.75 Å². The van der Waals surface area contributed by atoms with Gasteiger partial charge in [0, 0.05) is 16.8 Å². The van der Waals surface area contributed by atoms with Crippen molar-refractivity contribution >= 4 is 33.3 Å². The summed E-state index contributed by atoms with van der Waals surface area (Å²) in [6.45, 7) is 0. The van der Waals surface area contributed by atoms with E-state index < -0.39 is 16.0 Å². The summed E-state index contributed by atoms with van der Waals surface area (Å²) >= 11 is 5.92. The second-order valence-corrected chi connectivity index (χ2v) is 7.83. The molecule has 2 aromatic carbocycles. The van der Waals surface area contributed by atoms with Crippen molar-refractivity contribution in [1.82, 2.24) is 4.98 Å². The zero-order chi connectivity index (χ0) is 20.3. The molecule has 2 N–H and O–H groups in total. The average molecular weight is 419 g/mol. The summed E-state index contributed by atoms with van der Waals surface area (Å²) in [5, 5.41) is 9.24. The fourth-order valence-corrected chi connectivity index (χ4v) is 4.00. The van der Waals surface area contributed by atoms with Gasteiger partial charge in [-0.05, 0) is 42.0 Å². The van der Waals surface area contributed by atoms with Gasteiger partial charge in [-0.1, -0.05) is 23.7 Å². The monoisotopic (exact) mass is 418 g/mol. The minimum Gasteiger partial charge on any atom is -0.495 e. The average Bonchev–Trinajstić information content (AvgIpc) is 2.68. The summed E-state index contributed by atoms with van der Waals surface area (Å²) in [5.74, 6) is -0.869. The minimum absolute atomic E-state index is 0.0984. The molecule has 0 bridgehead atoms. The second kappa shape index (κ2) is 7.87. The van der Waals surface area contributed by atoms with Crippen LogP contribution in [0.3, 0.4) is 0 Å². The molecule has 0 fully saturated rings. The number of hydrogen-bond donors (Lipinski definition) is 2. The Morgan fingerprint density at radius 1 is 1.07 bits per heavy atom. The molecule has 0 unspecified atom stereocenters. The third kappa shape index (κ3) is 4.24. The third-order valence-corrected chi connectivity index (χ3v) is 5.51. The van der Waals surface area contributed by atoms with Crippen molar-refractivity contribution in [3.63, 3.8) is 0 Å². The van der Waals surface area contributed by atoms with E-state index in [0.29, 0.717) is 11.1 Å². The van der Waals surface area contributed by atoms with Crippen LogP contribution in [0.1, 0.15) is 10.4 Å². The first kappa shape index (κ1) is 19.7. The topological polar surface area (TPSA) is 106 Å². The Labute approximate surface area is 166 Å². The fourth-order valence-electron chi connectivity index (χ4n) is 2.53. The lowest BCUT2D eigenvalue weighted by molar-refractivity contribution is 0.0697. The molecule has 1 heterocycles. The molecule has 0 saturated carbocycles. The van der Waals surface area contributed by atoms with Gasteiger partial charge >= 0.3 is 5.97 Å². The van der Waals surface area contributed by atoms with Crippen molar-refractivity contribution < 1.29 is 23.1 Å². The number of aromatic carboxylic acids is 1. The molecular weight excluding hydrogens is 404 g/mol. The van der Waals surface area contributed by atoms with Crippen LogP contribution in [0.15, 0.2) is 65.8 Å². The van der Waals surface area contributed by atoms with E-state index in [4.69, 9.17) is 21.4 Å². The number of methoxy groups -OCH3 is 1. The summed E-state index contributed by atoms with van der Waals surface area (Å²) in [6.07, 6.45) is 2.91. The van der Waals surface area contributed by atoms with E-state index in [9.17, 15) is 13.2 Å². The molecule has 0 aliphatic heterocycles. The van der Waals surface area contributed by atoms with E-state index in [2.05, 4.69) is 9.71 Å². The van der Waals surface area contributed by atoms with Crippen molar-refractivity contribution in [3.8, 4) is 16.9 Å². The number of rotatable bonds is 6. The van der Waals surface area contributed by atoms with Crippen LogP contribution in [0, 0.1) is 0 Å². The number of carboxylic acids is 1. The van der Waals surface area contributed by atoms with Crippen LogP contribution in [-0.2, 0) is 10.0 Å². The Kier molecular flexibility index (Phi) is 5.53. The first-order valence-corrected chi connectivity index (χ1v) is 9.81. The van der Waals surface area contributed by atoms with E-state index in [1.807, 2.05) is 0 Å². The van der Waals surface area contributed by atoms with Crippen LogP contribution < -0.4 is 9.46 Å². The zero-order valence-electron chi connectivity index (χ0n) is 14.6. The molecular formula is C19H15ClN2O5S. The van der Waals surface area contributed by atoms with Gasteiger partial charge in [-0.25, -0.2) is 13.2 Å². The lowest BCUT2D eigenvalue weighted by Crippen LogP contribution is -2.14. The Hall–Kier alpha value is -3.10. The Morgan fingerprint density at radius 2 is 1.79 bits per heavy atom. The molecule has 9 heteroatoms. The summed E-state index contributed by atoms with van der Waals surface area (Å²) in [5.41, 5.74) is 1.71. The van der Waals surface area contributed by atoms with Crippen LogP contribution in [0.2, 0.25) is 5.02 Å². The maximum Gasteiger partial charge on any atom is 0.335 e. The van der Waals surface area contributed by atoms with Gasteiger partial charge in [-0.2, -0.15) is 0 Å². The van der Waals surface area contributed by atoms with E-state index in [-0.39, 0.29) is 26.9 Å². The summed E-state index contributed by atoms with van der Waals surface area (Å²) in [7, 11) is -2.61. The molecule has 0 radical (unpaired) electrons. The molecule has 0 saturated heterocycles. The summed E-state index contributed by atoms with van der Waals surface area (Å²) < 4.78 is 33.1. The van der Waals surface area contributed by atoms with Crippen LogP contribution in [0.25, 0.3) is 11.1 Å². The Morgan fingerprint density at radius 3 is 2.43 bits per heavy atom. The summed E-state index contributed by atoms with van der Waals surface area (Å²) in [6, 6.07) is 12.1. The van der Waals surface area contributed by atoms with Gasteiger partial charge in [0.05, 0.1) is 24.6 Å². The van der Waals surface area contributed by atoms with Gasteiger partial charge in [-0.3, -0.25) is 9.71 Å². The number of nitrogens with zero attached hydrogens (tertiary/aromatic N) is 1. The highest BCUT2D eigenvalue weighted by atomic mass is 35.5. The quantitative estimate of drug-likeness (QED) is 0.628. The first-order valence-electron chi connectivity index (χ1n) is 7.95. The minimum atomic E-state index is -3.97. The Balaban J connectivity index is 1.92. The molecule has 0 amide bonds. The van der Waals surface area contributed by atoms with Crippen molar-refractivity contribution in [2.75, 3.05) is 11.8 Å². The lowest BCUT2D eigenvalue weighted by Gasteiger charge is -2.12. The van der Waals surface area contributed by atoms with E-state index in [1.54, 1.807) is 24.4 Å². The SMILES string of the molecule is COc1ccc(Cl)cc1S(=O)(=O)Nc1cncc(-c2ccc(C(=O)O)cc2)c1. The van der Waals surface area contributed by atoms with E-state index in [0.717, 1.165) is 0 Å². The van der Waals surface area contributed by atoms with E-state index in [1.165, 1.54) is 43.6 Å². The van der Waals surface area contributed by atoms with Crippen molar-refractivity contribution in [3.05, 3.63) is 71.5 Å². The third-order valence-electron chi connectivity index (χ3n) is 3.87. The predicted molar refractivity (Wildman–Crippen MR) is 105 cm³/mol. The number of hydrogen-bond acceptors (Lipinski definition) is 5. The number of carbonyl (C=O) groups is 1. The van der Waals surface area contributed by atoms with Crippen LogP contribution >= 0.6 is 11.6 Å².